The van der Waals surface area contributed by atoms with Crippen molar-refractivity contribution in [2.24, 2.45) is 0 Å². The summed E-state index contributed by atoms with van der Waals surface area (Å²) in [5.74, 6) is -2.40. The summed E-state index contributed by atoms with van der Waals surface area (Å²) in [4.78, 5) is 0. The summed E-state index contributed by atoms with van der Waals surface area (Å²) in [6, 6.07) is 0. The van der Waals surface area contributed by atoms with Gasteiger partial charge >= 0.3 is 7.12 Å². The second-order valence-corrected chi connectivity index (χ2v) is 6.67. The Kier molecular flexibility index (Phi) is 3.52. The van der Waals surface area contributed by atoms with E-state index in [1.165, 1.54) is 0 Å². The van der Waals surface area contributed by atoms with Crippen LogP contribution in [-0.4, -0.2) is 24.2 Å². The third-order valence-electron chi connectivity index (χ3n) is 4.65. The number of halogens is 2. The van der Waals surface area contributed by atoms with Gasteiger partial charge in [-0.1, -0.05) is 6.42 Å². The molecular formula is C13H23BF2O2. The Labute approximate surface area is 109 Å². The summed E-state index contributed by atoms with van der Waals surface area (Å²) in [6.45, 7) is 7.99. The molecule has 1 unspecified atom stereocenters. The van der Waals surface area contributed by atoms with Crippen molar-refractivity contribution in [1.29, 1.82) is 0 Å². The van der Waals surface area contributed by atoms with E-state index in [4.69, 9.17) is 9.31 Å². The average Bonchev–Trinajstić information content (AvgIpc) is 2.35. The van der Waals surface area contributed by atoms with E-state index in [1.54, 1.807) is 0 Å². The summed E-state index contributed by atoms with van der Waals surface area (Å²) in [7, 11) is -0.330. The monoisotopic (exact) mass is 260 g/mol. The Morgan fingerprint density at radius 1 is 0.944 bits per heavy atom. The summed E-state index contributed by atoms with van der Waals surface area (Å²) in [5.41, 5.74) is -0.737. The fraction of sp³-hybridized carbons (Fsp3) is 1.00. The van der Waals surface area contributed by atoms with Gasteiger partial charge in [-0.15, -0.1) is 0 Å². The molecular weight excluding hydrogens is 237 g/mol. The van der Waals surface area contributed by atoms with E-state index in [2.05, 4.69) is 0 Å². The largest absolute Gasteiger partial charge is 0.461 e. The molecule has 1 aliphatic carbocycles. The van der Waals surface area contributed by atoms with Gasteiger partial charge in [-0.05, 0) is 46.4 Å². The number of hydrogen-bond donors (Lipinski definition) is 0. The first kappa shape index (κ1) is 14.3. The molecule has 1 saturated carbocycles. The van der Waals surface area contributed by atoms with E-state index in [1.807, 2.05) is 27.7 Å². The van der Waals surface area contributed by atoms with Gasteiger partial charge in [-0.25, -0.2) is 8.78 Å². The lowest BCUT2D eigenvalue weighted by molar-refractivity contribution is -0.0139. The zero-order chi connectivity index (χ0) is 13.6. The summed E-state index contributed by atoms with van der Waals surface area (Å²) < 4.78 is 38.6. The predicted octanol–water partition coefficient (Wildman–Crippen LogP) is 4.05. The van der Waals surface area contributed by atoms with Crippen LogP contribution in [0.4, 0.5) is 8.78 Å². The van der Waals surface area contributed by atoms with Gasteiger partial charge in [-0.2, -0.15) is 0 Å². The van der Waals surface area contributed by atoms with Crippen molar-refractivity contribution in [2.75, 3.05) is 0 Å². The first-order valence-corrected chi connectivity index (χ1v) is 6.86. The Bertz CT molecular complexity index is 302. The van der Waals surface area contributed by atoms with Crippen LogP contribution in [0.3, 0.4) is 0 Å². The molecule has 2 nitrogen and oxygen atoms in total. The molecule has 0 aromatic heterocycles. The highest BCUT2D eigenvalue weighted by molar-refractivity contribution is 6.47. The second-order valence-electron chi connectivity index (χ2n) is 6.67. The molecule has 1 saturated heterocycles. The van der Waals surface area contributed by atoms with Crippen LogP contribution in [0, 0.1) is 0 Å². The lowest BCUT2D eigenvalue weighted by atomic mass is 9.68. The van der Waals surface area contributed by atoms with Crippen molar-refractivity contribution >= 4 is 7.12 Å². The topological polar surface area (TPSA) is 18.5 Å². The molecule has 2 fully saturated rings. The standard InChI is InChI=1S/C13H23BF2O2/c1-11(2)12(3,4)18-14(17-11)10-6-5-8-13(15,16)9-7-10/h10H,5-9H2,1-4H3. The molecule has 1 heterocycles. The van der Waals surface area contributed by atoms with Crippen LogP contribution in [0.1, 0.15) is 59.8 Å². The second kappa shape index (κ2) is 4.45. The highest BCUT2D eigenvalue weighted by Crippen LogP contribution is 2.45. The van der Waals surface area contributed by atoms with Crippen LogP contribution in [0.15, 0.2) is 0 Å². The van der Waals surface area contributed by atoms with Gasteiger partial charge in [0.1, 0.15) is 0 Å². The highest BCUT2D eigenvalue weighted by atomic mass is 19.3. The van der Waals surface area contributed by atoms with Gasteiger partial charge in [-0.3, -0.25) is 0 Å². The third kappa shape index (κ3) is 2.72. The summed E-state index contributed by atoms with van der Waals surface area (Å²) in [5, 5.41) is 0. The first-order chi connectivity index (χ1) is 8.13. The number of alkyl halides is 2. The van der Waals surface area contributed by atoms with Crippen molar-refractivity contribution in [1.82, 2.24) is 0 Å². The fourth-order valence-corrected chi connectivity index (χ4v) is 2.64. The molecule has 0 aromatic carbocycles. The van der Waals surface area contributed by atoms with Crippen LogP contribution in [-0.2, 0) is 9.31 Å². The molecule has 104 valence electrons. The van der Waals surface area contributed by atoms with Crippen molar-refractivity contribution in [3.63, 3.8) is 0 Å². The van der Waals surface area contributed by atoms with Crippen molar-refractivity contribution in [3.8, 4) is 0 Å². The molecule has 1 atom stereocenters. The lowest BCUT2D eigenvalue weighted by Crippen LogP contribution is -2.41. The van der Waals surface area contributed by atoms with Crippen molar-refractivity contribution < 1.29 is 18.1 Å². The Morgan fingerprint density at radius 3 is 2.06 bits per heavy atom. The molecule has 0 radical (unpaired) electrons. The molecule has 0 bridgehead atoms. The van der Waals surface area contributed by atoms with E-state index >= 15 is 0 Å². The Balaban J connectivity index is 2.02. The summed E-state index contributed by atoms with van der Waals surface area (Å²) >= 11 is 0. The average molecular weight is 260 g/mol. The number of hydrogen-bond acceptors (Lipinski definition) is 2. The maximum atomic E-state index is 13.3. The van der Waals surface area contributed by atoms with Crippen LogP contribution in [0.2, 0.25) is 5.82 Å². The quantitative estimate of drug-likeness (QED) is 0.523. The van der Waals surface area contributed by atoms with Crippen LogP contribution in [0.25, 0.3) is 0 Å². The van der Waals surface area contributed by atoms with E-state index in [0.717, 1.165) is 6.42 Å². The van der Waals surface area contributed by atoms with Crippen LogP contribution in [0.5, 0.6) is 0 Å². The zero-order valence-electron chi connectivity index (χ0n) is 11.8. The van der Waals surface area contributed by atoms with E-state index in [0.29, 0.717) is 12.8 Å². The Morgan fingerprint density at radius 2 is 1.50 bits per heavy atom. The fourth-order valence-electron chi connectivity index (χ4n) is 2.64. The summed E-state index contributed by atoms with van der Waals surface area (Å²) in [6.07, 6.45) is 1.78. The molecule has 0 amide bonds. The highest BCUT2D eigenvalue weighted by Gasteiger charge is 2.54. The van der Waals surface area contributed by atoms with E-state index in [9.17, 15) is 8.78 Å². The molecule has 2 rings (SSSR count). The van der Waals surface area contributed by atoms with Crippen LogP contribution >= 0.6 is 0 Å². The number of rotatable bonds is 1. The maximum absolute atomic E-state index is 13.3. The van der Waals surface area contributed by atoms with E-state index < -0.39 is 5.92 Å². The predicted molar refractivity (Wildman–Crippen MR) is 67.9 cm³/mol. The molecule has 2 aliphatic rings. The minimum absolute atomic E-state index is 0.00298. The zero-order valence-corrected chi connectivity index (χ0v) is 11.8. The van der Waals surface area contributed by atoms with Gasteiger partial charge in [0.15, 0.2) is 0 Å². The lowest BCUT2D eigenvalue weighted by Gasteiger charge is -2.32. The molecule has 0 N–H and O–H groups in total. The normalized spacial score (nSPS) is 34.3. The van der Waals surface area contributed by atoms with Gasteiger partial charge in [0.25, 0.3) is 0 Å². The maximum Gasteiger partial charge on any atom is 0.461 e. The first-order valence-electron chi connectivity index (χ1n) is 6.86. The smallest absolute Gasteiger partial charge is 0.403 e. The third-order valence-corrected chi connectivity index (χ3v) is 4.65. The van der Waals surface area contributed by atoms with Gasteiger partial charge in [0.05, 0.1) is 11.2 Å². The SMILES string of the molecule is CC1(C)OB(C2CCCC(F)(F)CC2)OC1(C)C. The minimum Gasteiger partial charge on any atom is -0.403 e. The van der Waals surface area contributed by atoms with Gasteiger partial charge < -0.3 is 9.31 Å². The van der Waals surface area contributed by atoms with Crippen LogP contribution < -0.4 is 0 Å². The Hall–Kier alpha value is -0.155. The van der Waals surface area contributed by atoms with Gasteiger partial charge in [0.2, 0.25) is 5.92 Å². The van der Waals surface area contributed by atoms with E-state index in [-0.39, 0.29) is 37.0 Å². The van der Waals surface area contributed by atoms with Gasteiger partial charge in [0, 0.05) is 12.8 Å². The molecule has 18 heavy (non-hydrogen) atoms. The molecule has 1 aliphatic heterocycles. The van der Waals surface area contributed by atoms with Crippen molar-refractivity contribution in [3.05, 3.63) is 0 Å². The van der Waals surface area contributed by atoms with Crippen molar-refractivity contribution in [2.45, 2.75) is 82.7 Å². The molecule has 0 spiro atoms. The molecule has 0 aromatic rings. The minimum atomic E-state index is -2.50. The molecule has 5 heteroatoms.